The van der Waals surface area contributed by atoms with Crippen LogP contribution in [0.15, 0.2) is 186 Å². The molecule has 1 aliphatic carbocycles. The Bertz CT molecular complexity index is 4350. The van der Waals surface area contributed by atoms with Crippen molar-refractivity contribution in [3.05, 3.63) is 304 Å². The van der Waals surface area contributed by atoms with Gasteiger partial charge in [0.05, 0.1) is 56.5 Å². The highest BCUT2D eigenvalue weighted by Crippen LogP contribution is 2.57. The predicted octanol–water partition coefficient (Wildman–Crippen LogP) is 26.7. The molecule has 0 radical (unpaired) electrons. The highest BCUT2D eigenvalue weighted by Gasteiger charge is 2.52. The number of rotatable bonds is 10. The summed E-state index contributed by atoms with van der Waals surface area (Å²) in [5, 5.41) is 27.7. The summed E-state index contributed by atoms with van der Waals surface area (Å²) >= 11 is 0. The molecule has 0 spiro atoms. The number of nitro groups is 1. The van der Waals surface area contributed by atoms with E-state index in [1.807, 2.05) is 88.5 Å². The van der Waals surface area contributed by atoms with Crippen LogP contribution in [0.5, 0.6) is 0 Å². The first-order valence-electron chi connectivity index (χ1n) is 38.9. The Balaban J connectivity index is 0.000000645. The third kappa shape index (κ3) is 36.6. The molecule has 0 N–H and O–H groups in total. The summed E-state index contributed by atoms with van der Waals surface area (Å²) < 4.78 is 39.2. The summed E-state index contributed by atoms with van der Waals surface area (Å²) in [5.41, 5.74) is 13.0. The van der Waals surface area contributed by atoms with Gasteiger partial charge in [-0.15, -0.1) is 0 Å². The molecular formula is C98H130F3N13O2. The van der Waals surface area contributed by atoms with E-state index < -0.39 is 16.4 Å². The summed E-state index contributed by atoms with van der Waals surface area (Å²) in [6, 6.07) is 34.4. The molecule has 7 aromatic heterocycles. The molecular weight excluding hydrogens is 1450 g/mol. The highest BCUT2D eigenvalue weighted by atomic mass is 19.1. The lowest BCUT2D eigenvalue weighted by Crippen LogP contribution is -2.19. The molecule has 116 heavy (non-hydrogen) atoms. The van der Waals surface area contributed by atoms with Crippen molar-refractivity contribution in [1.29, 1.82) is 10.5 Å². The molecule has 1 saturated carbocycles. The minimum atomic E-state index is -0.720. The third-order valence-corrected chi connectivity index (χ3v) is 17.7. The van der Waals surface area contributed by atoms with Gasteiger partial charge in [0, 0.05) is 87.6 Å². The van der Waals surface area contributed by atoms with Gasteiger partial charge in [-0.2, -0.15) is 14.9 Å². The molecule has 1 fully saturated rings. The maximum absolute atomic E-state index is 13.3. The average molecular weight is 1580 g/mol. The van der Waals surface area contributed by atoms with Gasteiger partial charge in [0.25, 0.3) is 0 Å². The normalized spacial score (nSPS) is 11.9. The van der Waals surface area contributed by atoms with E-state index in [9.17, 15) is 23.3 Å². The lowest BCUT2D eigenvalue weighted by atomic mass is 9.79. The van der Waals surface area contributed by atoms with Crippen LogP contribution >= 0.6 is 0 Å². The zero-order valence-electron chi connectivity index (χ0n) is 74.5. The summed E-state index contributed by atoms with van der Waals surface area (Å²) in [5.74, 6) is 0.741. The molecule has 7 heterocycles. The van der Waals surface area contributed by atoms with Gasteiger partial charge in [0.15, 0.2) is 5.82 Å². The maximum atomic E-state index is 13.3. The first-order valence-corrected chi connectivity index (χ1v) is 38.9. The van der Waals surface area contributed by atoms with Gasteiger partial charge in [0.2, 0.25) is 5.82 Å². The summed E-state index contributed by atoms with van der Waals surface area (Å²) in [7, 11) is 0. The van der Waals surface area contributed by atoms with Gasteiger partial charge in [0.1, 0.15) is 23.8 Å². The van der Waals surface area contributed by atoms with Crippen molar-refractivity contribution in [2.45, 2.75) is 250 Å². The largest absolute Gasteiger partial charge is 0.305 e. The van der Waals surface area contributed by atoms with Crippen LogP contribution in [0.4, 0.5) is 18.9 Å². The molecule has 0 amide bonds. The molecule has 0 saturated heterocycles. The lowest BCUT2D eigenvalue weighted by molar-refractivity contribution is -0.387. The van der Waals surface area contributed by atoms with Crippen LogP contribution in [0.3, 0.4) is 0 Å². The number of benzene rings is 2. The monoisotopic (exact) mass is 1580 g/mol. The molecule has 0 unspecified atom stereocenters. The Morgan fingerprint density at radius 2 is 0.983 bits per heavy atom. The van der Waals surface area contributed by atoms with Gasteiger partial charge in [-0.3, -0.25) is 30.1 Å². The fourth-order valence-corrected chi connectivity index (χ4v) is 10.0. The van der Waals surface area contributed by atoms with Crippen LogP contribution in [0.1, 0.15) is 308 Å². The number of aromatic nitrogens is 10. The summed E-state index contributed by atoms with van der Waals surface area (Å²) in [6.45, 7) is 78.4. The van der Waals surface area contributed by atoms with Crippen molar-refractivity contribution in [3.8, 4) is 12.1 Å². The number of nitriles is 2. The molecule has 0 atom stereocenters. The van der Waals surface area contributed by atoms with Crippen molar-refractivity contribution < 1.29 is 18.1 Å². The van der Waals surface area contributed by atoms with Crippen molar-refractivity contribution in [2.24, 2.45) is 10.8 Å². The summed E-state index contributed by atoms with van der Waals surface area (Å²) in [4.78, 5) is 51.5. The van der Waals surface area contributed by atoms with E-state index in [0.29, 0.717) is 28.1 Å². The predicted molar refractivity (Wildman–Crippen MR) is 479 cm³/mol. The van der Waals surface area contributed by atoms with E-state index in [2.05, 4.69) is 253 Å². The Hall–Kier alpha value is -11.1. The Kier molecular flexibility index (Phi) is 41.7. The fourth-order valence-electron chi connectivity index (χ4n) is 10.0. The van der Waals surface area contributed by atoms with E-state index in [1.54, 1.807) is 93.6 Å². The Morgan fingerprint density at radius 1 is 0.457 bits per heavy atom. The molecule has 10 rings (SSSR count). The second kappa shape index (κ2) is 47.1. The number of pyridine rings is 4. The topological polar surface area (TPSA) is 220 Å². The number of nitro benzene ring substituents is 1. The highest BCUT2D eigenvalue weighted by molar-refractivity contribution is 5.50. The second-order valence-corrected chi connectivity index (χ2v) is 35.6. The molecule has 18 heteroatoms. The number of hydrogen-bond acceptors (Lipinski definition) is 14. The Morgan fingerprint density at radius 3 is 1.42 bits per heavy atom. The second-order valence-electron chi connectivity index (χ2n) is 35.6. The molecule has 2 aromatic carbocycles. The zero-order chi connectivity index (χ0) is 89.0. The van der Waals surface area contributed by atoms with Gasteiger partial charge in [-0.25, -0.2) is 38.7 Å². The van der Waals surface area contributed by atoms with Crippen LogP contribution in [-0.2, 0) is 32.5 Å². The van der Waals surface area contributed by atoms with E-state index in [4.69, 9.17) is 10.5 Å². The van der Waals surface area contributed by atoms with Gasteiger partial charge in [-0.1, -0.05) is 251 Å². The van der Waals surface area contributed by atoms with Crippen LogP contribution < -0.4 is 0 Å². The summed E-state index contributed by atoms with van der Waals surface area (Å²) in [6.07, 6.45) is 24.5. The van der Waals surface area contributed by atoms with Gasteiger partial charge < -0.3 is 0 Å². The van der Waals surface area contributed by atoms with Crippen LogP contribution in [-0.4, -0.2) is 54.8 Å². The minimum Gasteiger partial charge on any atom is -0.264 e. The number of nitrogens with zero attached hydrogens (tertiary/aromatic N) is 13. The smallest absolute Gasteiger partial charge is 0.264 e. The quantitative estimate of drug-likeness (QED) is 0.0918. The van der Waals surface area contributed by atoms with Crippen molar-refractivity contribution >= 4 is 42.1 Å². The van der Waals surface area contributed by atoms with Crippen molar-refractivity contribution in [1.82, 2.24) is 49.8 Å². The SMILES string of the molecule is C=Cc1cc(C(C)(C)C)ccn1.C=Cc1cc(C(C)(C)C)ncn1.C=Cc1cccc(C(C)(C)C)n1.C=Cc1ccnc(C(C)(C)C)n1.C=Cc1nccc(C(C)(C)C)n1.C=Cc1ncccc1C(C)(C)C.CC(C)(C)C1(C#N)CC1.CC(C)c1cc(C#N)ccc1F.CC(C)c1cccc([N+](=O)[O-])c1F.CC(C)c1cnccc1F. The van der Waals surface area contributed by atoms with Crippen molar-refractivity contribution in [2.75, 3.05) is 0 Å². The van der Waals surface area contributed by atoms with Gasteiger partial charge >= 0.3 is 5.69 Å². The van der Waals surface area contributed by atoms with E-state index in [1.165, 1.54) is 47.7 Å². The van der Waals surface area contributed by atoms with Crippen LogP contribution in [0.25, 0.3) is 36.5 Å². The van der Waals surface area contributed by atoms with Crippen molar-refractivity contribution in [3.63, 3.8) is 0 Å². The third-order valence-electron chi connectivity index (χ3n) is 17.7. The molecule has 1 aliphatic rings. The molecule has 9 aromatic rings. The maximum Gasteiger partial charge on any atom is 0.305 e. The first-order chi connectivity index (χ1) is 53.7. The van der Waals surface area contributed by atoms with E-state index in [-0.39, 0.29) is 72.7 Å². The first kappa shape index (κ1) is 103. The van der Waals surface area contributed by atoms with Gasteiger partial charge in [-0.05, 0) is 178 Å². The number of hydrogen-bond donors (Lipinski definition) is 0. The molecule has 0 bridgehead atoms. The lowest BCUT2D eigenvalue weighted by Gasteiger charge is -2.23. The van der Waals surface area contributed by atoms with E-state index >= 15 is 0 Å². The van der Waals surface area contributed by atoms with Crippen LogP contribution in [0, 0.1) is 61.1 Å². The zero-order valence-corrected chi connectivity index (χ0v) is 74.5. The molecule has 620 valence electrons. The Labute approximate surface area is 694 Å². The average Bonchev–Trinajstić information content (AvgIpc) is 1.61. The number of halogens is 3. The minimum absolute atomic E-state index is 0.0129. The fraction of sp³-hybridized carbons (Fsp3) is 0.408. The standard InChI is InChI=1S/3C11H15N.C10H10FN.3C10H14N2.C9H10FNO2.C8H10FN.C8H13N/c1-5-10-8-9(6-7-12-10)11(2,3)4;1-5-10-9(11(2,3)4)7-6-8-12-10;1-5-9-7-6-8-10(12-9)11(2,3)4;1-7(2)9-5-8(6-12)3-4-10(9)11;1-5-8-6-9(10(2,3)4)12-7-11-8;1-5-9-11-7-6-8(12-9)10(2,3)4;1-5-8-6-7-11-9(12-8)10(2,3)4;1-6(2)7-4-3-5-8(9(7)10)11(12)13;1-6(2)7-5-10-4-3-8(7)9;1-7(2,3)8(6-9)4-5-8/h3*5-8H,1H2,2-4H3;3-5,7H,1-2H3;3*5-7H,1H2,2-4H3;3-6H,1-2H3;3-6H,1-2H3;4-5H2,1-3H3. The van der Waals surface area contributed by atoms with Crippen LogP contribution in [0.2, 0.25) is 0 Å². The molecule has 0 aliphatic heterocycles. The van der Waals surface area contributed by atoms with E-state index in [0.717, 1.165) is 64.2 Å². The molecule has 15 nitrogen and oxygen atoms in total.